The van der Waals surface area contributed by atoms with Gasteiger partial charge in [0.15, 0.2) is 0 Å². The number of hydrogen-bond acceptors (Lipinski definition) is 4. The summed E-state index contributed by atoms with van der Waals surface area (Å²) in [7, 11) is 0. The molecule has 1 N–H and O–H groups in total. The Morgan fingerprint density at radius 1 is 1.11 bits per heavy atom. The number of nitro benzene ring substituents is 1. The van der Waals surface area contributed by atoms with Crippen molar-refractivity contribution in [2.24, 2.45) is 5.92 Å². The number of rotatable bonds is 4. The highest BCUT2D eigenvalue weighted by atomic mass is 16.6. The molecule has 0 bridgehead atoms. The second-order valence-electron chi connectivity index (χ2n) is 7.64. The van der Waals surface area contributed by atoms with Crippen molar-refractivity contribution in [2.75, 3.05) is 13.1 Å². The summed E-state index contributed by atoms with van der Waals surface area (Å²) in [5, 5.41) is 14.2. The van der Waals surface area contributed by atoms with Gasteiger partial charge in [-0.25, -0.2) is 0 Å². The van der Waals surface area contributed by atoms with Gasteiger partial charge in [0.2, 0.25) is 5.91 Å². The lowest BCUT2D eigenvalue weighted by Gasteiger charge is -2.35. The van der Waals surface area contributed by atoms with Crippen LogP contribution in [0.5, 0.6) is 0 Å². The van der Waals surface area contributed by atoms with Crippen molar-refractivity contribution in [2.45, 2.75) is 57.9 Å². The number of piperidine rings is 1. The lowest BCUT2D eigenvalue weighted by molar-refractivity contribution is -0.385. The van der Waals surface area contributed by atoms with Gasteiger partial charge in [-0.1, -0.05) is 31.4 Å². The zero-order chi connectivity index (χ0) is 19.4. The van der Waals surface area contributed by atoms with E-state index in [9.17, 15) is 19.7 Å². The number of nitrogens with one attached hydrogen (secondary N) is 1. The molecule has 2 fully saturated rings. The van der Waals surface area contributed by atoms with Gasteiger partial charge in [-0.15, -0.1) is 0 Å². The van der Waals surface area contributed by atoms with Crippen molar-refractivity contribution >= 4 is 17.5 Å². The van der Waals surface area contributed by atoms with Crippen LogP contribution in [0.1, 0.15) is 60.9 Å². The average Bonchev–Trinajstić information content (AvgIpc) is 2.68. The third-order valence-corrected chi connectivity index (χ3v) is 5.76. The maximum atomic E-state index is 12.6. The lowest BCUT2D eigenvalue weighted by atomic mass is 9.87. The third-order valence-electron chi connectivity index (χ3n) is 5.76. The van der Waals surface area contributed by atoms with E-state index in [1.165, 1.54) is 12.5 Å². The molecule has 1 aliphatic heterocycles. The molecule has 1 aliphatic carbocycles. The molecule has 0 atom stereocenters. The van der Waals surface area contributed by atoms with Crippen molar-refractivity contribution in [3.8, 4) is 0 Å². The molecule has 2 aliphatic rings. The van der Waals surface area contributed by atoms with Crippen LogP contribution in [-0.4, -0.2) is 40.8 Å². The highest BCUT2D eigenvalue weighted by molar-refractivity contribution is 5.98. The summed E-state index contributed by atoms with van der Waals surface area (Å²) >= 11 is 0. The summed E-state index contributed by atoms with van der Waals surface area (Å²) in [4.78, 5) is 37.9. The number of carbonyl (C=O) groups excluding carboxylic acids is 2. The molecule has 1 heterocycles. The van der Waals surface area contributed by atoms with Gasteiger partial charge in [0.05, 0.1) is 4.92 Å². The third kappa shape index (κ3) is 4.46. The number of amides is 2. The van der Waals surface area contributed by atoms with E-state index in [1.807, 2.05) is 4.90 Å². The minimum atomic E-state index is -0.504. The average molecular weight is 373 g/mol. The highest BCUT2D eigenvalue weighted by Crippen LogP contribution is 2.27. The Hall–Kier alpha value is -2.44. The molecule has 7 nitrogen and oxygen atoms in total. The molecule has 0 aromatic heterocycles. The number of nitrogens with zero attached hydrogens (tertiary/aromatic N) is 2. The largest absolute Gasteiger partial charge is 0.349 e. The first kappa shape index (κ1) is 19.3. The fraction of sp³-hybridized carbons (Fsp3) is 0.600. The molecule has 1 aromatic carbocycles. The first-order chi connectivity index (χ1) is 13.0. The van der Waals surface area contributed by atoms with E-state index in [2.05, 4.69) is 5.32 Å². The number of benzene rings is 1. The number of likely N-dealkylation sites (tertiary alicyclic amines) is 1. The van der Waals surface area contributed by atoms with Gasteiger partial charge in [0.1, 0.15) is 5.56 Å². The highest BCUT2D eigenvalue weighted by Gasteiger charge is 2.30. The molecule has 1 saturated carbocycles. The predicted octanol–water partition coefficient (Wildman–Crippen LogP) is 3.20. The fourth-order valence-electron chi connectivity index (χ4n) is 4.20. The number of para-hydroxylation sites is 1. The maximum absolute atomic E-state index is 12.6. The van der Waals surface area contributed by atoms with Gasteiger partial charge in [0, 0.05) is 30.6 Å². The zero-order valence-electron chi connectivity index (χ0n) is 15.8. The molecule has 3 rings (SSSR count). The summed E-state index contributed by atoms with van der Waals surface area (Å²) < 4.78 is 0. The Morgan fingerprint density at radius 3 is 2.41 bits per heavy atom. The molecule has 1 aromatic rings. The van der Waals surface area contributed by atoms with Crippen LogP contribution in [0.15, 0.2) is 18.2 Å². The molecular weight excluding hydrogens is 346 g/mol. The van der Waals surface area contributed by atoms with E-state index in [4.69, 9.17) is 0 Å². The van der Waals surface area contributed by atoms with E-state index in [1.54, 1.807) is 19.1 Å². The molecule has 1 saturated heterocycles. The van der Waals surface area contributed by atoms with Crippen LogP contribution >= 0.6 is 0 Å². The summed E-state index contributed by atoms with van der Waals surface area (Å²) in [5.41, 5.74) is 0.432. The van der Waals surface area contributed by atoms with Gasteiger partial charge in [-0.3, -0.25) is 19.7 Å². The van der Waals surface area contributed by atoms with Gasteiger partial charge in [0.25, 0.3) is 11.6 Å². The van der Waals surface area contributed by atoms with Crippen LogP contribution in [0.2, 0.25) is 0 Å². The number of nitro groups is 1. The van der Waals surface area contributed by atoms with Gasteiger partial charge in [-0.2, -0.15) is 0 Å². The molecule has 0 unspecified atom stereocenters. The maximum Gasteiger partial charge on any atom is 0.285 e. The van der Waals surface area contributed by atoms with Crippen LogP contribution in [0.25, 0.3) is 0 Å². The van der Waals surface area contributed by atoms with E-state index in [0.717, 1.165) is 25.7 Å². The van der Waals surface area contributed by atoms with Gasteiger partial charge < -0.3 is 10.2 Å². The normalized spacial score (nSPS) is 18.9. The number of hydrogen-bond donors (Lipinski definition) is 1. The van der Waals surface area contributed by atoms with Crippen LogP contribution in [0, 0.1) is 23.0 Å². The smallest absolute Gasteiger partial charge is 0.285 e. The van der Waals surface area contributed by atoms with Crippen LogP contribution < -0.4 is 5.32 Å². The quantitative estimate of drug-likeness (QED) is 0.648. The molecule has 27 heavy (non-hydrogen) atoms. The Labute approximate surface area is 159 Å². The topological polar surface area (TPSA) is 92.6 Å². The SMILES string of the molecule is Cc1cccc(C(=O)NC2CCN(C(=O)C3CCCCC3)CC2)c1[N+](=O)[O-]. The Balaban J connectivity index is 1.56. The van der Waals surface area contributed by atoms with E-state index < -0.39 is 10.8 Å². The van der Waals surface area contributed by atoms with Crippen LogP contribution in [0.4, 0.5) is 5.69 Å². The Kier molecular flexibility index (Phi) is 6.08. The minimum Gasteiger partial charge on any atom is -0.349 e. The van der Waals surface area contributed by atoms with E-state index in [-0.39, 0.29) is 29.1 Å². The standard InChI is InChI=1S/C20H27N3O4/c1-14-6-5-9-17(18(14)23(26)27)19(24)21-16-10-12-22(13-11-16)20(25)15-7-3-2-4-8-15/h5-6,9,15-16H,2-4,7-8,10-13H2,1H3,(H,21,24). The second kappa shape index (κ2) is 8.50. The summed E-state index contributed by atoms with van der Waals surface area (Å²) in [6.45, 7) is 2.90. The van der Waals surface area contributed by atoms with Crippen LogP contribution in [0.3, 0.4) is 0 Å². The van der Waals surface area contributed by atoms with Crippen molar-refractivity contribution in [1.29, 1.82) is 0 Å². The van der Waals surface area contributed by atoms with Crippen molar-refractivity contribution in [1.82, 2.24) is 10.2 Å². The Bertz CT molecular complexity index is 720. The van der Waals surface area contributed by atoms with Crippen molar-refractivity contribution in [3.63, 3.8) is 0 Å². The second-order valence-corrected chi connectivity index (χ2v) is 7.64. The van der Waals surface area contributed by atoms with Gasteiger partial charge >= 0.3 is 0 Å². The van der Waals surface area contributed by atoms with E-state index >= 15 is 0 Å². The fourth-order valence-corrected chi connectivity index (χ4v) is 4.20. The molecular formula is C20H27N3O4. The predicted molar refractivity (Wildman–Crippen MR) is 101 cm³/mol. The molecule has 0 radical (unpaired) electrons. The first-order valence-electron chi connectivity index (χ1n) is 9.81. The molecule has 7 heteroatoms. The number of carbonyl (C=O) groups is 2. The minimum absolute atomic E-state index is 0.0620. The van der Waals surface area contributed by atoms with E-state index in [0.29, 0.717) is 31.5 Å². The molecule has 0 spiro atoms. The number of aryl methyl sites for hydroxylation is 1. The molecule has 2 amide bonds. The summed E-state index contributed by atoms with van der Waals surface area (Å²) in [6, 6.07) is 4.71. The lowest BCUT2D eigenvalue weighted by Crippen LogP contribution is -2.48. The molecule has 146 valence electrons. The van der Waals surface area contributed by atoms with Crippen molar-refractivity contribution < 1.29 is 14.5 Å². The first-order valence-corrected chi connectivity index (χ1v) is 9.81. The Morgan fingerprint density at radius 2 is 1.78 bits per heavy atom. The van der Waals surface area contributed by atoms with Crippen molar-refractivity contribution in [3.05, 3.63) is 39.4 Å². The monoisotopic (exact) mass is 373 g/mol. The summed E-state index contributed by atoms with van der Waals surface area (Å²) in [6.07, 6.45) is 6.85. The zero-order valence-corrected chi connectivity index (χ0v) is 15.8. The van der Waals surface area contributed by atoms with Crippen LogP contribution in [-0.2, 0) is 4.79 Å². The summed E-state index contributed by atoms with van der Waals surface area (Å²) in [5.74, 6) is 0.0103. The van der Waals surface area contributed by atoms with Gasteiger partial charge in [-0.05, 0) is 38.7 Å².